The minimum Gasteiger partial charge on any atom is -0.467 e. The molecular formula is C18H21N3O5. The Hall–Kier alpha value is -2.74. The number of rotatable bonds is 4. The second kappa shape index (κ2) is 7.65. The van der Waals surface area contributed by atoms with Crippen LogP contribution in [0, 0.1) is 0 Å². The van der Waals surface area contributed by atoms with Gasteiger partial charge in [-0.1, -0.05) is 18.2 Å². The molecule has 0 radical (unpaired) electrons. The van der Waals surface area contributed by atoms with Gasteiger partial charge in [-0.2, -0.15) is 0 Å². The van der Waals surface area contributed by atoms with Gasteiger partial charge >= 0.3 is 5.97 Å². The smallest absolute Gasteiger partial charge is 0.330 e. The van der Waals surface area contributed by atoms with Crippen molar-refractivity contribution in [2.75, 3.05) is 20.2 Å². The van der Waals surface area contributed by atoms with Crippen LogP contribution in [0.15, 0.2) is 30.3 Å². The third kappa shape index (κ3) is 3.20. The molecule has 1 aromatic carbocycles. The molecule has 0 aliphatic carbocycles. The third-order valence-electron chi connectivity index (χ3n) is 4.84. The van der Waals surface area contributed by atoms with Crippen LogP contribution in [-0.4, -0.2) is 71.4 Å². The van der Waals surface area contributed by atoms with Gasteiger partial charge in [-0.25, -0.2) is 9.80 Å². The molecule has 2 fully saturated rings. The molecule has 8 nitrogen and oxygen atoms in total. The van der Waals surface area contributed by atoms with Crippen LogP contribution in [0.5, 0.6) is 0 Å². The number of hydrogen-bond acceptors (Lipinski definition) is 6. The largest absolute Gasteiger partial charge is 0.467 e. The predicted molar refractivity (Wildman–Crippen MR) is 90.5 cm³/mol. The average molecular weight is 359 g/mol. The number of benzene rings is 1. The molecule has 2 heterocycles. The first-order chi connectivity index (χ1) is 12.6. The van der Waals surface area contributed by atoms with E-state index in [-0.39, 0.29) is 0 Å². The summed E-state index contributed by atoms with van der Waals surface area (Å²) in [5, 5.41) is 3.18. The molecule has 26 heavy (non-hydrogen) atoms. The van der Waals surface area contributed by atoms with Gasteiger partial charge < -0.3 is 4.74 Å². The highest BCUT2D eigenvalue weighted by atomic mass is 16.5. The summed E-state index contributed by atoms with van der Waals surface area (Å²) in [7, 11) is 1.28. The van der Waals surface area contributed by atoms with Crippen LogP contribution in [-0.2, 0) is 19.1 Å². The molecule has 3 rings (SSSR count). The zero-order valence-corrected chi connectivity index (χ0v) is 14.5. The molecule has 2 atom stereocenters. The fourth-order valence-corrected chi connectivity index (χ4v) is 3.56. The monoisotopic (exact) mass is 359 g/mol. The average Bonchev–Trinajstić information content (AvgIpc) is 3.03. The summed E-state index contributed by atoms with van der Waals surface area (Å²) < 4.78 is 4.80. The molecule has 8 heteroatoms. The highest BCUT2D eigenvalue weighted by Crippen LogP contribution is 2.27. The van der Waals surface area contributed by atoms with E-state index in [0.717, 1.165) is 4.90 Å². The Morgan fingerprint density at radius 2 is 1.92 bits per heavy atom. The summed E-state index contributed by atoms with van der Waals surface area (Å²) in [5.41, 5.74) is 0.333. The van der Waals surface area contributed by atoms with E-state index in [0.29, 0.717) is 44.3 Å². The Balaban J connectivity index is 1.88. The summed E-state index contributed by atoms with van der Waals surface area (Å²) >= 11 is 0. The molecule has 0 spiro atoms. The van der Waals surface area contributed by atoms with Crippen LogP contribution < -0.4 is 0 Å². The van der Waals surface area contributed by atoms with Gasteiger partial charge in [-0.05, 0) is 31.4 Å². The molecule has 2 aliphatic heterocycles. The number of methoxy groups -OCH3 is 1. The third-order valence-corrected chi connectivity index (χ3v) is 4.84. The molecule has 0 N–H and O–H groups in total. The number of hydrazine groups is 1. The molecule has 0 unspecified atom stereocenters. The van der Waals surface area contributed by atoms with E-state index in [1.807, 2.05) is 0 Å². The van der Waals surface area contributed by atoms with Gasteiger partial charge in [0, 0.05) is 18.7 Å². The van der Waals surface area contributed by atoms with Crippen molar-refractivity contribution in [3.05, 3.63) is 35.9 Å². The molecule has 2 saturated heterocycles. The van der Waals surface area contributed by atoms with Crippen molar-refractivity contribution in [3.63, 3.8) is 0 Å². The maximum atomic E-state index is 13.1. The summed E-state index contributed by atoms with van der Waals surface area (Å²) in [4.78, 5) is 50.5. The number of nitrogens with zero attached hydrogens (tertiary/aromatic N) is 3. The minimum atomic E-state index is -0.935. The van der Waals surface area contributed by atoms with Crippen LogP contribution >= 0.6 is 0 Å². The normalized spacial score (nSPS) is 23.1. The predicted octanol–water partition coefficient (Wildman–Crippen LogP) is 0.438. The summed E-state index contributed by atoms with van der Waals surface area (Å²) in [5.74, 6) is -1.44. The van der Waals surface area contributed by atoms with Crippen LogP contribution in [0.3, 0.4) is 0 Å². The Morgan fingerprint density at radius 1 is 1.19 bits per heavy atom. The van der Waals surface area contributed by atoms with Crippen molar-refractivity contribution < 1.29 is 23.9 Å². The van der Waals surface area contributed by atoms with Gasteiger partial charge in [0.2, 0.25) is 6.41 Å². The van der Waals surface area contributed by atoms with Gasteiger partial charge in [0.05, 0.1) is 7.11 Å². The van der Waals surface area contributed by atoms with Gasteiger partial charge in [0.1, 0.15) is 12.1 Å². The first-order valence-electron chi connectivity index (χ1n) is 8.57. The molecule has 2 aliphatic rings. The van der Waals surface area contributed by atoms with E-state index in [1.165, 1.54) is 12.1 Å². The molecule has 1 aromatic rings. The number of fused-ring (bicyclic) bond motifs is 1. The van der Waals surface area contributed by atoms with Gasteiger partial charge in [-0.3, -0.25) is 24.3 Å². The van der Waals surface area contributed by atoms with Crippen molar-refractivity contribution >= 4 is 24.2 Å². The van der Waals surface area contributed by atoms with E-state index in [2.05, 4.69) is 0 Å². The van der Waals surface area contributed by atoms with Gasteiger partial charge in [0.25, 0.3) is 11.8 Å². The maximum Gasteiger partial charge on any atom is 0.330 e. The fourth-order valence-electron chi connectivity index (χ4n) is 3.56. The zero-order valence-electron chi connectivity index (χ0n) is 14.5. The van der Waals surface area contributed by atoms with Gasteiger partial charge in [-0.15, -0.1) is 0 Å². The number of carbonyl (C=O) groups is 4. The Kier molecular flexibility index (Phi) is 5.32. The lowest BCUT2D eigenvalue weighted by Crippen LogP contribution is -2.55. The second-order valence-corrected chi connectivity index (χ2v) is 6.31. The van der Waals surface area contributed by atoms with Gasteiger partial charge in [0.15, 0.2) is 0 Å². The molecule has 138 valence electrons. The summed E-state index contributed by atoms with van der Waals surface area (Å²) in [6.07, 6.45) is 1.86. The Bertz CT molecular complexity index is 708. The van der Waals surface area contributed by atoms with E-state index >= 15 is 0 Å². The topological polar surface area (TPSA) is 87.2 Å². The van der Waals surface area contributed by atoms with Crippen molar-refractivity contribution in [2.45, 2.75) is 31.3 Å². The lowest BCUT2D eigenvalue weighted by Gasteiger charge is -2.33. The van der Waals surface area contributed by atoms with Crippen LogP contribution in [0.1, 0.15) is 29.6 Å². The van der Waals surface area contributed by atoms with Crippen LogP contribution in [0.4, 0.5) is 0 Å². The number of esters is 1. The quantitative estimate of drug-likeness (QED) is 0.573. The summed E-state index contributed by atoms with van der Waals surface area (Å²) in [6, 6.07) is 6.70. The van der Waals surface area contributed by atoms with E-state index < -0.39 is 29.9 Å². The zero-order chi connectivity index (χ0) is 18.7. The summed E-state index contributed by atoms with van der Waals surface area (Å²) in [6.45, 7) is 1.15. The maximum absolute atomic E-state index is 13.1. The first kappa shape index (κ1) is 18.1. The fraction of sp³-hybridized carbons (Fsp3) is 0.444. The second-order valence-electron chi connectivity index (χ2n) is 6.31. The number of hydrogen-bond donors (Lipinski definition) is 0. The van der Waals surface area contributed by atoms with Crippen molar-refractivity contribution in [1.29, 1.82) is 0 Å². The number of imide groups is 1. The molecule has 0 bridgehead atoms. The SMILES string of the molecule is COC(=O)[C@@H]1CCN2CCC[C@H](N(C=O)C(=O)c3ccccc3)C(=O)N12. The van der Waals surface area contributed by atoms with E-state index in [9.17, 15) is 19.2 Å². The first-order valence-corrected chi connectivity index (χ1v) is 8.57. The van der Waals surface area contributed by atoms with E-state index in [1.54, 1.807) is 35.3 Å². The van der Waals surface area contributed by atoms with Crippen molar-refractivity contribution in [3.8, 4) is 0 Å². The van der Waals surface area contributed by atoms with Crippen molar-refractivity contribution in [2.24, 2.45) is 0 Å². The molecule has 0 aromatic heterocycles. The highest BCUT2D eigenvalue weighted by Gasteiger charge is 2.46. The molecule has 0 saturated carbocycles. The van der Waals surface area contributed by atoms with Crippen LogP contribution in [0.25, 0.3) is 0 Å². The number of amides is 3. The Morgan fingerprint density at radius 3 is 2.58 bits per heavy atom. The lowest BCUT2D eigenvalue weighted by molar-refractivity contribution is -0.163. The van der Waals surface area contributed by atoms with E-state index in [4.69, 9.17) is 4.74 Å². The van der Waals surface area contributed by atoms with Crippen LogP contribution in [0.2, 0.25) is 0 Å². The minimum absolute atomic E-state index is 0.333. The molecular weight excluding hydrogens is 338 g/mol. The highest BCUT2D eigenvalue weighted by molar-refractivity contribution is 6.03. The molecule has 3 amide bonds. The standard InChI is InChI=1S/C18H21N3O5/c1-26-18(25)15-9-11-19-10-5-8-14(17(24)21(15)19)20(12-22)16(23)13-6-3-2-4-7-13/h2-4,6-7,12,14-15H,5,8-11H2,1H3/t14-,15-/m0/s1. The lowest BCUT2D eigenvalue weighted by atomic mass is 10.1. The number of ether oxygens (including phenoxy) is 1. The number of carbonyl (C=O) groups excluding carboxylic acids is 4. The van der Waals surface area contributed by atoms with Crippen molar-refractivity contribution in [1.82, 2.24) is 14.9 Å². The Labute approximate surface area is 151 Å².